The summed E-state index contributed by atoms with van der Waals surface area (Å²) < 4.78 is 1.17. The van der Waals surface area contributed by atoms with E-state index in [1.165, 1.54) is 14.9 Å². The summed E-state index contributed by atoms with van der Waals surface area (Å²) in [7, 11) is 0. The molecule has 1 N–H and O–H groups in total. The Morgan fingerprint density at radius 2 is 2.12 bits per heavy atom. The first-order chi connectivity index (χ1) is 8.16. The van der Waals surface area contributed by atoms with Crippen LogP contribution in [-0.2, 0) is 13.1 Å². The summed E-state index contributed by atoms with van der Waals surface area (Å²) in [5.41, 5.74) is 2.34. The third-order valence-electron chi connectivity index (χ3n) is 2.50. The number of benzene rings is 1. The van der Waals surface area contributed by atoms with Gasteiger partial charge in [-0.15, -0.1) is 11.3 Å². The second-order valence-electron chi connectivity index (χ2n) is 3.89. The van der Waals surface area contributed by atoms with Crippen LogP contribution in [0, 0.1) is 6.92 Å². The highest BCUT2D eigenvalue weighted by atomic mass is 79.9. The van der Waals surface area contributed by atoms with Crippen LogP contribution in [-0.4, -0.2) is 0 Å². The van der Waals surface area contributed by atoms with Gasteiger partial charge in [0.1, 0.15) is 0 Å². The molecule has 4 heteroatoms. The third-order valence-corrected chi connectivity index (χ3v) is 4.78. The van der Waals surface area contributed by atoms with Crippen LogP contribution in [0.4, 0.5) is 0 Å². The summed E-state index contributed by atoms with van der Waals surface area (Å²) in [5.74, 6) is 0. The van der Waals surface area contributed by atoms with Crippen molar-refractivity contribution in [1.29, 1.82) is 0 Å². The lowest BCUT2D eigenvalue weighted by Crippen LogP contribution is -2.12. The van der Waals surface area contributed by atoms with Gasteiger partial charge in [0, 0.05) is 27.5 Å². The van der Waals surface area contributed by atoms with Crippen LogP contribution >= 0.6 is 38.9 Å². The van der Waals surface area contributed by atoms with E-state index in [0.717, 1.165) is 23.7 Å². The van der Waals surface area contributed by atoms with E-state index in [1.54, 1.807) is 11.3 Å². The zero-order valence-electron chi connectivity index (χ0n) is 9.47. The van der Waals surface area contributed by atoms with Gasteiger partial charge in [-0.1, -0.05) is 23.7 Å². The smallest absolute Gasteiger partial charge is 0.0453 e. The molecule has 1 nitrogen and oxygen atoms in total. The van der Waals surface area contributed by atoms with Gasteiger partial charge in [-0.25, -0.2) is 0 Å². The van der Waals surface area contributed by atoms with E-state index < -0.39 is 0 Å². The fourth-order valence-corrected chi connectivity index (χ4v) is 3.32. The summed E-state index contributed by atoms with van der Waals surface area (Å²) in [6, 6.07) is 8.23. The molecule has 0 aliphatic heterocycles. The number of aryl methyl sites for hydroxylation is 1. The van der Waals surface area contributed by atoms with Gasteiger partial charge in [0.05, 0.1) is 0 Å². The molecule has 0 fully saturated rings. The standard InChI is InChI=1S/C13H13BrClNS/c1-9-2-3-10(12(15)6-9)7-16-8-13-11(14)4-5-17-13/h2-6,16H,7-8H2,1H3. The molecule has 17 heavy (non-hydrogen) atoms. The van der Waals surface area contributed by atoms with Crippen LogP contribution in [0.1, 0.15) is 16.0 Å². The number of hydrogen-bond donors (Lipinski definition) is 1. The highest BCUT2D eigenvalue weighted by Crippen LogP contribution is 2.23. The predicted octanol–water partition coefficient (Wildman–Crippen LogP) is 4.76. The zero-order chi connectivity index (χ0) is 12.3. The minimum Gasteiger partial charge on any atom is -0.308 e. The first-order valence-corrected chi connectivity index (χ1v) is 7.39. The fourth-order valence-electron chi connectivity index (χ4n) is 1.56. The van der Waals surface area contributed by atoms with Crippen LogP contribution in [0.15, 0.2) is 34.1 Å². The number of halogens is 2. The molecule has 0 saturated carbocycles. The molecular weight excluding hydrogens is 318 g/mol. The predicted molar refractivity (Wildman–Crippen MR) is 78.8 cm³/mol. The molecule has 0 radical (unpaired) electrons. The molecule has 90 valence electrons. The van der Waals surface area contributed by atoms with Crippen molar-refractivity contribution >= 4 is 38.9 Å². The van der Waals surface area contributed by atoms with Gasteiger partial charge < -0.3 is 5.32 Å². The Labute approximate surface area is 119 Å². The quantitative estimate of drug-likeness (QED) is 0.852. The molecule has 0 aliphatic carbocycles. The zero-order valence-corrected chi connectivity index (χ0v) is 12.6. The lowest BCUT2D eigenvalue weighted by molar-refractivity contribution is 0.699. The Kier molecular flexibility index (Phi) is 4.62. The first kappa shape index (κ1) is 13.1. The van der Waals surface area contributed by atoms with E-state index in [1.807, 2.05) is 13.0 Å². The lowest BCUT2D eigenvalue weighted by Gasteiger charge is -2.07. The average molecular weight is 331 g/mol. The molecule has 2 rings (SSSR count). The van der Waals surface area contributed by atoms with Crippen molar-refractivity contribution in [1.82, 2.24) is 5.32 Å². The topological polar surface area (TPSA) is 12.0 Å². The Bertz CT molecular complexity index is 510. The molecule has 0 amide bonds. The van der Waals surface area contributed by atoms with E-state index in [4.69, 9.17) is 11.6 Å². The van der Waals surface area contributed by atoms with E-state index in [2.05, 4.69) is 44.8 Å². The molecular formula is C13H13BrClNS. The molecule has 0 aliphatic rings. The van der Waals surface area contributed by atoms with Gasteiger partial charge in [-0.2, -0.15) is 0 Å². The average Bonchev–Trinajstić information content (AvgIpc) is 2.68. The SMILES string of the molecule is Cc1ccc(CNCc2sccc2Br)c(Cl)c1. The highest BCUT2D eigenvalue weighted by Gasteiger charge is 2.03. The van der Waals surface area contributed by atoms with E-state index in [0.29, 0.717) is 0 Å². The molecule has 0 unspecified atom stereocenters. The van der Waals surface area contributed by atoms with Crippen LogP contribution in [0.3, 0.4) is 0 Å². The largest absolute Gasteiger partial charge is 0.308 e. The normalized spacial score (nSPS) is 10.8. The number of nitrogens with one attached hydrogen (secondary N) is 1. The Morgan fingerprint density at radius 1 is 1.29 bits per heavy atom. The van der Waals surface area contributed by atoms with Crippen molar-refractivity contribution in [3.8, 4) is 0 Å². The van der Waals surface area contributed by atoms with Crippen molar-refractivity contribution in [2.45, 2.75) is 20.0 Å². The van der Waals surface area contributed by atoms with Crippen molar-refractivity contribution in [2.75, 3.05) is 0 Å². The van der Waals surface area contributed by atoms with Crippen LogP contribution < -0.4 is 5.32 Å². The number of hydrogen-bond acceptors (Lipinski definition) is 2. The maximum Gasteiger partial charge on any atom is 0.0453 e. The minimum atomic E-state index is 0.795. The highest BCUT2D eigenvalue weighted by molar-refractivity contribution is 9.10. The van der Waals surface area contributed by atoms with E-state index in [-0.39, 0.29) is 0 Å². The van der Waals surface area contributed by atoms with Gasteiger partial charge in [-0.05, 0) is 51.5 Å². The lowest BCUT2D eigenvalue weighted by atomic mass is 10.1. The monoisotopic (exact) mass is 329 g/mol. The van der Waals surface area contributed by atoms with Gasteiger partial charge in [0.15, 0.2) is 0 Å². The summed E-state index contributed by atoms with van der Waals surface area (Å²) in [5, 5.41) is 6.32. The summed E-state index contributed by atoms with van der Waals surface area (Å²) in [4.78, 5) is 1.31. The Balaban J connectivity index is 1.92. The van der Waals surface area contributed by atoms with Crippen molar-refractivity contribution in [3.63, 3.8) is 0 Å². The second-order valence-corrected chi connectivity index (χ2v) is 6.15. The number of thiophene rings is 1. The molecule has 0 spiro atoms. The van der Waals surface area contributed by atoms with E-state index in [9.17, 15) is 0 Å². The summed E-state index contributed by atoms with van der Waals surface area (Å²) in [6.07, 6.45) is 0. The number of rotatable bonds is 4. The Morgan fingerprint density at radius 3 is 2.76 bits per heavy atom. The van der Waals surface area contributed by atoms with Crippen LogP contribution in [0.5, 0.6) is 0 Å². The molecule has 0 atom stereocenters. The minimum absolute atomic E-state index is 0.795. The molecule has 0 saturated heterocycles. The van der Waals surface area contributed by atoms with Crippen molar-refractivity contribution in [2.24, 2.45) is 0 Å². The summed E-state index contributed by atoms with van der Waals surface area (Å²) in [6.45, 7) is 3.71. The van der Waals surface area contributed by atoms with Crippen LogP contribution in [0.2, 0.25) is 5.02 Å². The van der Waals surface area contributed by atoms with Gasteiger partial charge >= 0.3 is 0 Å². The molecule has 1 aromatic heterocycles. The fraction of sp³-hybridized carbons (Fsp3) is 0.231. The van der Waals surface area contributed by atoms with Gasteiger partial charge in [0.25, 0.3) is 0 Å². The molecule has 2 aromatic rings. The third kappa shape index (κ3) is 3.55. The summed E-state index contributed by atoms with van der Waals surface area (Å²) >= 11 is 11.4. The Hall–Kier alpha value is -0.350. The van der Waals surface area contributed by atoms with Crippen LogP contribution in [0.25, 0.3) is 0 Å². The maximum absolute atomic E-state index is 6.17. The van der Waals surface area contributed by atoms with E-state index >= 15 is 0 Å². The van der Waals surface area contributed by atoms with Gasteiger partial charge in [0.2, 0.25) is 0 Å². The molecule has 1 heterocycles. The first-order valence-electron chi connectivity index (χ1n) is 5.34. The molecule has 0 bridgehead atoms. The van der Waals surface area contributed by atoms with Gasteiger partial charge in [-0.3, -0.25) is 0 Å². The van der Waals surface area contributed by atoms with Crippen molar-refractivity contribution in [3.05, 3.63) is 55.1 Å². The maximum atomic E-state index is 6.17. The molecule has 1 aromatic carbocycles. The van der Waals surface area contributed by atoms with Crippen molar-refractivity contribution < 1.29 is 0 Å². The second kappa shape index (κ2) is 6.01.